The molecule has 2 amide bonds. The van der Waals surface area contributed by atoms with Crippen LogP contribution in [-0.4, -0.2) is 38.6 Å². The third kappa shape index (κ3) is 3.57. The van der Waals surface area contributed by atoms with Crippen molar-refractivity contribution in [3.8, 4) is 11.3 Å². The second-order valence-corrected chi connectivity index (χ2v) is 7.15. The molecule has 0 aromatic carbocycles. The molecule has 0 aliphatic carbocycles. The molecule has 0 radical (unpaired) electrons. The van der Waals surface area contributed by atoms with Gasteiger partial charge in [0.15, 0.2) is 5.82 Å². The first kappa shape index (κ1) is 21.1. The molecule has 0 bridgehead atoms. The molecule has 164 valence electrons. The number of likely N-dealkylation sites (N-methyl/N-ethyl adjacent to an activating group) is 1. The fraction of sp³-hybridized carbons (Fsp3) is 0.190. The van der Waals surface area contributed by atoms with E-state index in [9.17, 15) is 18.4 Å². The van der Waals surface area contributed by atoms with Crippen LogP contribution in [0.2, 0.25) is 0 Å². The van der Waals surface area contributed by atoms with Gasteiger partial charge < -0.3 is 16.0 Å². The molecule has 0 spiro atoms. The summed E-state index contributed by atoms with van der Waals surface area (Å²) >= 11 is 0. The van der Waals surface area contributed by atoms with Crippen LogP contribution in [0.1, 0.15) is 18.1 Å². The summed E-state index contributed by atoms with van der Waals surface area (Å²) in [6.07, 6.45) is 5.92. The Kier molecular flexibility index (Phi) is 5.17. The fourth-order valence-corrected chi connectivity index (χ4v) is 3.38. The number of fused-ring (bicyclic) bond motifs is 1. The van der Waals surface area contributed by atoms with Crippen LogP contribution in [0.3, 0.4) is 0 Å². The van der Waals surface area contributed by atoms with Crippen LogP contribution in [0.25, 0.3) is 16.8 Å². The third-order valence-corrected chi connectivity index (χ3v) is 5.03. The van der Waals surface area contributed by atoms with Gasteiger partial charge in [0, 0.05) is 48.5 Å². The zero-order valence-corrected chi connectivity index (χ0v) is 17.4. The van der Waals surface area contributed by atoms with Crippen molar-refractivity contribution < 1.29 is 18.4 Å². The largest absolute Gasteiger partial charge is 0.422 e. The Balaban J connectivity index is 1.68. The number of aromatic nitrogens is 4. The normalized spacial score (nSPS) is 14.6. The van der Waals surface area contributed by atoms with E-state index in [1.807, 2.05) is 18.3 Å². The molecule has 3 aromatic rings. The Hall–Kier alpha value is -4.15. The molecule has 1 aliphatic rings. The number of carbonyl (C=O) groups excluding carboxylic acids is 2. The van der Waals surface area contributed by atoms with Crippen molar-refractivity contribution in [3.63, 3.8) is 0 Å². The van der Waals surface area contributed by atoms with Gasteiger partial charge in [-0.05, 0) is 31.5 Å². The number of rotatable bonds is 5. The predicted molar refractivity (Wildman–Crippen MR) is 114 cm³/mol. The van der Waals surface area contributed by atoms with Gasteiger partial charge in [-0.15, -0.1) is 5.10 Å². The summed E-state index contributed by atoms with van der Waals surface area (Å²) in [6.45, 7) is 3.57. The van der Waals surface area contributed by atoms with Gasteiger partial charge >= 0.3 is 12.0 Å². The highest BCUT2D eigenvalue weighted by atomic mass is 19.3. The first-order chi connectivity index (χ1) is 15.2. The minimum Gasteiger partial charge on any atom is -0.352 e. The Morgan fingerprint density at radius 1 is 1.22 bits per heavy atom. The molecule has 0 saturated heterocycles. The smallest absolute Gasteiger partial charge is 0.352 e. The van der Waals surface area contributed by atoms with E-state index >= 15 is 0 Å². The number of hydrogen-bond acceptors (Lipinski definition) is 6. The van der Waals surface area contributed by atoms with Crippen LogP contribution in [0.4, 0.5) is 20.3 Å². The van der Waals surface area contributed by atoms with E-state index in [-0.39, 0.29) is 16.4 Å². The van der Waals surface area contributed by atoms with Crippen LogP contribution < -0.4 is 16.0 Å². The van der Waals surface area contributed by atoms with Crippen molar-refractivity contribution in [1.29, 1.82) is 0 Å². The van der Waals surface area contributed by atoms with Crippen LogP contribution >= 0.6 is 0 Å². The second kappa shape index (κ2) is 7.84. The molecule has 11 heteroatoms. The van der Waals surface area contributed by atoms with E-state index in [0.29, 0.717) is 28.2 Å². The number of pyridine rings is 2. The standard InChI is InChI=1S/C21H19F2N7O2/c1-11-4-6-25-9-14(11)15-8-13-16(10-26-15)28-19(31)18(13)12(2)27-17-5-7-30(29-17)21(22,23)20(32)24-3/h4-10H,1-3H3,(H,24,32)(H,27,29)(H,28,31)/b18-12-. The number of anilines is 2. The molecule has 32 heavy (non-hydrogen) atoms. The summed E-state index contributed by atoms with van der Waals surface area (Å²) in [6, 6.07) is 1.07. The van der Waals surface area contributed by atoms with E-state index in [1.54, 1.807) is 31.6 Å². The van der Waals surface area contributed by atoms with Crippen molar-refractivity contribution in [2.24, 2.45) is 0 Å². The Morgan fingerprint density at radius 3 is 2.72 bits per heavy atom. The molecular weight excluding hydrogens is 420 g/mol. The summed E-state index contributed by atoms with van der Waals surface area (Å²) in [5, 5.41) is 11.2. The summed E-state index contributed by atoms with van der Waals surface area (Å²) in [5.74, 6) is -1.80. The van der Waals surface area contributed by atoms with Crippen molar-refractivity contribution in [2.75, 3.05) is 17.7 Å². The van der Waals surface area contributed by atoms with Gasteiger partial charge in [0.1, 0.15) is 0 Å². The topological polar surface area (TPSA) is 114 Å². The maximum absolute atomic E-state index is 14.1. The zero-order chi connectivity index (χ0) is 23.0. The molecule has 1 aliphatic heterocycles. The predicted octanol–water partition coefficient (Wildman–Crippen LogP) is 2.74. The number of amides is 2. The lowest BCUT2D eigenvalue weighted by atomic mass is 10.0. The number of alkyl halides is 2. The number of halogens is 2. The Morgan fingerprint density at radius 2 is 2.00 bits per heavy atom. The quantitative estimate of drug-likeness (QED) is 0.527. The monoisotopic (exact) mass is 439 g/mol. The van der Waals surface area contributed by atoms with E-state index in [1.165, 1.54) is 6.07 Å². The third-order valence-electron chi connectivity index (χ3n) is 5.03. The van der Waals surface area contributed by atoms with E-state index < -0.39 is 12.0 Å². The lowest BCUT2D eigenvalue weighted by molar-refractivity contribution is -0.162. The first-order valence-electron chi connectivity index (χ1n) is 9.59. The summed E-state index contributed by atoms with van der Waals surface area (Å²) in [4.78, 5) is 32.6. The second-order valence-electron chi connectivity index (χ2n) is 7.15. The number of nitrogens with zero attached hydrogens (tertiary/aromatic N) is 4. The highest BCUT2D eigenvalue weighted by molar-refractivity contribution is 6.32. The first-order valence-corrected chi connectivity index (χ1v) is 9.59. The van der Waals surface area contributed by atoms with Crippen molar-refractivity contribution in [3.05, 3.63) is 59.8 Å². The van der Waals surface area contributed by atoms with Crippen LogP contribution in [0.5, 0.6) is 0 Å². The Labute approximate surface area is 181 Å². The van der Waals surface area contributed by atoms with E-state index in [2.05, 4.69) is 25.7 Å². The molecule has 0 unspecified atom stereocenters. The molecule has 3 aromatic heterocycles. The van der Waals surface area contributed by atoms with Crippen molar-refractivity contribution in [2.45, 2.75) is 19.9 Å². The summed E-state index contributed by atoms with van der Waals surface area (Å²) in [5.41, 5.74) is 4.33. The SMILES string of the molecule is CNC(=O)C(F)(F)n1ccc(N/C(C)=C2\C(=O)Nc3cnc(-c4cnccc4C)cc32)n1. The highest BCUT2D eigenvalue weighted by Gasteiger charge is 2.41. The molecule has 9 nitrogen and oxygen atoms in total. The van der Waals surface area contributed by atoms with E-state index in [0.717, 1.165) is 24.4 Å². The van der Waals surface area contributed by atoms with Gasteiger partial charge in [-0.25, -0.2) is 0 Å². The average Bonchev–Trinajstić information content (AvgIpc) is 3.36. The van der Waals surface area contributed by atoms with Gasteiger partial charge in [0.05, 0.1) is 23.2 Å². The minimum absolute atomic E-state index is 0.0530. The van der Waals surface area contributed by atoms with Gasteiger partial charge in [0.2, 0.25) is 0 Å². The fourth-order valence-electron chi connectivity index (χ4n) is 3.38. The van der Waals surface area contributed by atoms with E-state index in [4.69, 9.17) is 0 Å². The lowest BCUT2D eigenvalue weighted by Gasteiger charge is -2.14. The van der Waals surface area contributed by atoms with Gasteiger partial charge in [-0.1, -0.05) is 0 Å². The summed E-state index contributed by atoms with van der Waals surface area (Å²) < 4.78 is 28.4. The average molecular weight is 439 g/mol. The van der Waals surface area contributed by atoms with Crippen LogP contribution in [-0.2, 0) is 15.6 Å². The number of carbonyl (C=O) groups is 2. The maximum Gasteiger partial charge on any atom is 0.422 e. The van der Waals surface area contributed by atoms with Crippen LogP contribution in [0.15, 0.2) is 48.7 Å². The minimum atomic E-state index is -3.85. The Bertz CT molecular complexity index is 1270. The number of hydrogen-bond donors (Lipinski definition) is 3. The number of aryl methyl sites for hydroxylation is 1. The van der Waals surface area contributed by atoms with Crippen molar-refractivity contribution in [1.82, 2.24) is 25.1 Å². The summed E-state index contributed by atoms with van der Waals surface area (Å²) in [7, 11) is 1.11. The van der Waals surface area contributed by atoms with Gasteiger partial charge in [-0.2, -0.15) is 13.5 Å². The van der Waals surface area contributed by atoms with Crippen molar-refractivity contribution >= 4 is 28.9 Å². The molecule has 0 atom stereocenters. The number of allylic oxidation sites excluding steroid dienone is 1. The molecule has 0 saturated carbocycles. The van der Waals surface area contributed by atoms with Gasteiger partial charge in [0.25, 0.3) is 5.91 Å². The molecular formula is C21H19F2N7O2. The number of nitrogens with one attached hydrogen (secondary N) is 3. The highest BCUT2D eigenvalue weighted by Crippen LogP contribution is 2.36. The zero-order valence-electron chi connectivity index (χ0n) is 17.4. The maximum atomic E-state index is 14.1. The molecule has 0 fully saturated rings. The van der Waals surface area contributed by atoms with Gasteiger partial charge in [-0.3, -0.25) is 19.6 Å². The molecule has 3 N–H and O–H groups in total. The molecule has 4 rings (SSSR count). The van der Waals surface area contributed by atoms with Crippen LogP contribution in [0, 0.1) is 6.92 Å². The lowest BCUT2D eigenvalue weighted by Crippen LogP contribution is -2.41. The molecule has 4 heterocycles.